The summed E-state index contributed by atoms with van der Waals surface area (Å²) >= 11 is 0. The first kappa shape index (κ1) is 22.2. The Labute approximate surface area is 170 Å². The van der Waals surface area contributed by atoms with Crippen LogP contribution >= 0.6 is 0 Å². The molecule has 5 N–H and O–H groups in total. The topological polar surface area (TPSA) is 122 Å². The normalized spacial score (nSPS) is 13.0. The van der Waals surface area contributed by atoms with E-state index in [0.717, 1.165) is 5.56 Å². The van der Waals surface area contributed by atoms with E-state index in [9.17, 15) is 19.8 Å². The maximum absolute atomic E-state index is 12.5. The van der Waals surface area contributed by atoms with E-state index < -0.39 is 24.0 Å². The van der Waals surface area contributed by atoms with Crippen molar-refractivity contribution < 1.29 is 24.5 Å². The maximum Gasteiger partial charge on any atom is 0.328 e. The molecule has 0 bridgehead atoms. The fourth-order valence-electron chi connectivity index (χ4n) is 2.84. The second kappa shape index (κ2) is 10.5. The smallest absolute Gasteiger partial charge is 0.328 e. The first-order chi connectivity index (χ1) is 13.8. The molecule has 2 aromatic carbocycles. The van der Waals surface area contributed by atoms with Crippen LogP contribution in [0.2, 0.25) is 0 Å². The van der Waals surface area contributed by atoms with E-state index in [4.69, 9.17) is 10.5 Å². The van der Waals surface area contributed by atoms with Gasteiger partial charge >= 0.3 is 5.97 Å². The molecule has 156 valence electrons. The van der Waals surface area contributed by atoms with Gasteiger partial charge in [0.2, 0.25) is 5.91 Å². The fourth-order valence-corrected chi connectivity index (χ4v) is 2.84. The van der Waals surface area contributed by atoms with Crippen LogP contribution in [0.25, 0.3) is 0 Å². The highest BCUT2D eigenvalue weighted by molar-refractivity contribution is 5.87. The summed E-state index contributed by atoms with van der Waals surface area (Å²) in [4.78, 5) is 25.0. The lowest BCUT2D eigenvalue weighted by Crippen LogP contribution is -2.50. The molecule has 0 spiro atoms. The van der Waals surface area contributed by atoms with Crippen molar-refractivity contribution in [1.29, 1.82) is 0 Å². The number of phenols is 2. The number of hydrogen-bond acceptors (Lipinski definition) is 6. The zero-order chi connectivity index (χ0) is 21.4. The summed E-state index contributed by atoms with van der Waals surface area (Å²) in [5.41, 5.74) is 7.43. The molecule has 2 aromatic rings. The van der Waals surface area contributed by atoms with E-state index in [1.807, 2.05) is 44.2 Å². The predicted octanol–water partition coefficient (Wildman–Crippen LogP) is 2.24. The third-order valence-corrected chi connectivity index (χ3v) is 4.36. The van der Waals surface area contributed by atoms with Crippen LogP contribution in [-0.2, 0) is 27.4 Å². The van der Waals surface area contributed by atoms with Crippen molar-refractivity contribution in [2.75, 3.05) is 0 Å². The van der Waals surface area contributed by atoms with Gasteiger partial charge in [-0.3, -0.25) is 4.79 Å². The van der Waals surface area contributed by atoms with Crippen molar-refractivity contribution in [3.63, 3.8) is 0 Å². The number of nitrogens with one attached hydrogen (secondary N) is 1. The van der Waals surface area contributed by atoms with E-state index >= 15 is 0 Å². The SMILES string of the molecule is CC(C)C[C@H](NC(=O)[C@@H](N)Cc1ccc(O)c(O)c1)C(=O)OCc1ccccc1. The lowest BCUT2D eigenvalue weighted by molar-refractivity contribution is -0.149. The Morgan fingerprint density at radius 2 is 1.72 bits per heavy atom. The Hall–Kier alpha value is -3.06. The minimum Gasteiger partial charge on any atom is -0.504 e. The van der Waals surface area contributed by atoms with Crippen molar-refractivity contribution in [1.82, 2.24) is 5.32 Å². The van der Waals surface area contributed by atoms with Crippen LogP contribution in [0.15, 0.2) is 48.5 Å². The van der Waals surface area contributed by atoms with Crippen molar-refractivity contribution in [3.05, 3.63) is 59.7 Å². The Morgan fingerprint density at radius 1 is 1.03 bits per heavy atom. The Bertz CT molecular complexity index is 823. The second-order valence-corrected chi connectivity index (χ2v) is 7.42. The largest absolute Gasteiger partial charge is 0.504 e. The van der Waals surface area contributed by atoms with Gasteiger partial charge in [-0.2, -0.15) is 0 Å². The van der Waals surface area contributed by atoms with Crippen LogP contribution in [0.4, 0.5) is 0 Å². The van der Waals surface area contributed by atoms with E-state index in [0.29, 0.717) is 12.0 Å². The molecule has 2 rings (SSSR count). The maximum atomic E-state index is 12.5. The Balaban J connectivity index is 1.96. The lowest BCUT2D eigenvalue weighted by Gasteiger charge is -2.21. The van der Waals surface area contributed by atoms with Crippen LogP contribution in [0.5, 0.6) is 11.5 Å². The van der Waals surface area contributed by atoms with Crippen molar-refractivity contribution >= 4 is 11.9 Å². The number of phenolic OH excluding ortho intramolecular Hbond substituents is 2. The molecule has 1 amide bonds. The van der Waals surface area contributed by atoms with Gasteiger partial charge in [0.05, 0.1) is 6.04 Å². The zero-order valence-corrected chi connectivity index (χ0v) is 16.7. The Morgan fingerprint density at radius 3 is 2.34 bits per heavy atom. The highest BCUT2D eigenvalue weighted by Crippen LogP contribution is 2.25. The molecule has 0 saturated heterocycles. The van der Waals surface area contributed by atoms with Crippen LogP contribution in [0.3, 0.4) is 0 Å². The predicted molar refractivity (Wildman–Crippen MR) is 109 cm³/mol. The van der Waals surface area contributed by atoms with Gasteiger partial charge in [0.1, 0.15) is 12.6 Å². The lowest BCUT2D eigenvalue weighted by atomic mass is 10.0. The van der Waals surface area contributed by atoms with Gasteiger partial charge in [-0.25, -0.2) is 4.79 Å². The van der Waals surface area contributed by atoms with Crippen molar-refractivity contribution in [2.45, 2.75) is 45.4 Å². The number of amides is 1. The molecule has 0 aromatic heterocycles. The van der Waals surface area contributed by atoms with E-state index in [2.05, 4.69) is 5.32 Å². The first-order valence-corrected chi connectivity index (χ1v) is 9.53. The Kier molecular flexibility index (Phi) is 8.03. The minimum absolute atomic E-state index is 0.128. The van der Waals surface area contributed by atoms with Gasteiger partial charge in [0, 0.05) is 0 Å². The molecule has 0 heterocycles. The van der Waals surface area contributed by atoms with E-state index in [-0.39, 0.29) is 30.4 Å². The van der Waals surface area contributed by atoms with Crippen LogP contribution in [0, 0.1) is 5.92 Å². The average Bonchev–Trinajstić information content (AvgIpc) is 2.68. The summed E-state index contributed by atoms with van der Waals surface area (Å²) in [6.07, 6.45) is 0.569. The summed E-state index contributed by atoms with van der Waals surface area (Å²) in [7, 11) is 0. The van der Waals surface area contributed by atoms with Gasteiger partial charge in [-0.1, -0.05) is 50.2 Å². The molecule has 0 aliphatic heterocycles. The highest BCUT2D eigenvalue weighted by Gasteiger charge is 2.26. The highest BCUT2D eigenvalue weighted by atomic mass is 16.5. The molecule has 0 unspecified atom stereocenters. The molecule has 0 fully saturated rings. The minimum atomic E-state index is -0.921. The molecule has 2 atom stereocenters. The number of rotatable bonds is 9. The van der Waals surface area contributed by atoms with Crippen molar-refractivity contribution in [3.8, 4) is 11.5 Å². The number of nitrogens with two attached hydrogens (primary N) is 1. The summed E-state index contributed by atoms with van der Waals surface area (Å²) in [6.45, 7) is 4.02. The quantitative estimate of drug-likeness (QED) is 0.378. The fraction of sp³-hybridized carbons (Fsp3) is 0.364. The molecule has 0 radical (unpaired) electrons. The van der Waals surface area contributed by atoms with E-state index in [1.165, 1.54) is 12.1 Å². The standard InChI is InChI=1S/C22H28N2O5/c1-14(2)10-18(22(28)29-13-15-6-4-3-5-7-15)24-21(27)17(23)11-16-8-9-19(25)20(26)12-16/h3-9,12,14,17-18,25-26H,10-11,13,23H2,1-2H3,(H,24,27)/t17-,18-/m0/s1. The molecule has 7 heteroatoms. The molecular weight excluding hydrogens is 372 g/mol. The zero-order valence-electron chi connectivity index (χ0n) is 16.7. The van der Waals surface area contributed by atoms with Crippen LogP contribution in [-0.4, -0.2) is 34.2 Å². The molecule has 7 nitrogen and oxygen atoms in total. The summed E-state index contributed by atoms with van der Waals surface area (Å²) in [6, 6.07) is 11.8. The average molecular weight is 400 g/mol. The first-order valence-electron chi connectivity index (χ1n) is 9.53. The number of ether oxygens (including phenoxy) is 1. The molecule has 0 saturated carbocycles. The summed E-state index contributed by atoms with van der Waals surface area (Å²) in [5.74, 6) is -1.36. The molecule has 0 aliphatic carbocycles. The molecule has 0 aliphatic rings. The summed E-state index contributed by atoms with van der Waals surface area (Å²) in [5, 5.41) is 21.6. The van der Waals surface area contributed by atoms with Gasteiger partial charge in [-0.15, -0.1) is 0 Å². The molecule has 29 heavy (non-hydrogen) atoms. The number of aromatic hydroxyl groups is 2. The second-order valence-electron chi connectivity index (χ2n) is 7.42. The van der Waals surface area contributed by atoms with Gasteiger partial charge < -0.3 is 26.0 Å². The van der Waals surface area contributed by atoms with Crippen molar-refractivity contribution in [2.24, 2.45) is 11.7 Å². The molecular formula is C22H28N2O5. The van der Waals surface area contributed by atoms with Gasteiger partial charge in [-0.05, 0) is 42.0 Å². The van der Waals surface area contributed by atoms with Crippen LogP contribution < -0.4 is 11.1 Å². The number of carbonyl (C=O) groups excluding carboxylic acids is 2. The number of hydrogen-bond donors (Lipinski definition) is 4. The van der Waals surface area contributed by atoms with Gasteiger partial charge in [0.25, 0.3) is 0 Å². The monoisotopic (exact) mass is 400 g/mol. The van der Waals surface area contributed by atoms with Crippen LogP contribution in [0.1, 0.15) is 31.4 Å². The number of carbonyl (C=O) groups is 2. The summed E-state index contributed by atoms with van der Waals surface area (Å²) < 4.78 is 5.36. The van der Waals surface area contributed by atoms with Gasteiger partial charge in [0.15, 0.2) is 11.5 Å². The van der Waals surface area contributed by atoms with E-state index in [1.54, 1.807) is 6.07 Å². The third kappa shape index (κ3) is 7.12. The number of esters is 1. The number of benzene rings is 2. The third-order valence-electron chi connectivity index (χ3n) is 4.36.